The second-order valence-corrected chi connectivity index (χ2v) is 11.1. The third-order valence-electron chi connectivity index (χ3n) is 8.24. The van der Waals surface area contributed by atoms with Gasteiger partial charge in [-0.3, -0.25) is 4.99 Å². The van der Waals surface area contributed by atoms with Crippen molar-refractivity contribution in [3.8, 4) is 5.75 Å². The lowest BCUT2D eigenvalue weighted by Gasteiger charge is -2.34. The first-order valence-electron chi connectivity index (χ1n) is 15.5. The summed E-state index contributed by atoms with van der Waals surface area (Å²) in [5.41, 5.74) is 6.66. The summed E-state index contributed by atoms with van der Waals surface area (Å²) in [6, 6.07) is 6.70. The molecule has 0 saturated carbocycles. The monoisotopic (exact) mass is 511 g/mol. The summed E-state index contributed by atoms with van der Waals surface area (Å²) in [6.07, 6.45) is 20.1. The van der Waals surface area contributed by atoms with Crippen LogP contribution in [0.15, 0.2) is 34.5 Å². The van der Waals surface area contributed by atoms with Crippen molar-refractivity contribution in [1.82, 2.24) is 0 Å². The van der Waals surface area contributed by atoms with E-state index < -0.39 is 0 Å². The molecule has 0 spiro atoms. The molecular weight excluding hydrogens is 454 g/mol. The number of unbranched alkanes of at least 4 members (excludes halogenated alkanes) is 12. The van der Waals surface area contributed by atoms with E-state index in [1.165, 1.54) is 106 Å². The van der Waals surface area contributed by atoms with Gasteiger partial charge in [-0.2, -0.15) is 0 Å². The number of allylic oxidation sites excluding steroid dienone is 1. The maximum absolute atomic E-state index is 6.23. The zero-order valence-corrected chi connectivity index (χ0v) is 25.2. The molecule has 0 aromatic heterocycles. The van der Waals surface area contributed by atoms with Crippen LogP contribution in [-0.2, 0) is 11.2 Å². The van der Waals surface area contributed by atoms with Crippen LogP contribution in [0.1, 0.15) is 142 Å². The summed E-state index contributed by atoms with van der Waals surface area (Å²) < 4.78 is 11.7. The van der Waals surface area contributed by atoms with Gasteiger partial charge >= 0.3 is 0 Å². The van der Waals surface area contributed by atoms with E-state index in [2.05, 4.69) is 52.8 Å². The fraction of sp³-hybridized carbons (Fsp3) is 0.735. The first-order chi connectivity index (χ1) is 18.0. The molecule has 1 heterocycles. The van der Waals surface area contributed by atoms with Crippen molar-refractivity contribution >= 4 is 5.71 Å². The number of nitrogens with zero attached hydrogens (tertiary/aromatic N) is 1. The highest BCUT2D eigenvalue weighted by Gasteiger charge is 2.33. The number of ether oxygens (including phenoxy) is 2. The SMILES string of the molecule is CCCCCCCCCCCCCCCc1cccc(OCC)c1C1C(CCOC)=C(C)N=C(C)C1C. The Morgan fingerprint density at radius 1 is 0.784 bits per heavy atom. The van der Waals surface area contributed by atoms with E-state index in [4.69, 9.17) is 14.5 Å². The van der Waals surface area contributed by atoms with Crippen LogP contribution in [0.5, 0.6) is 5.75 Å². The number of rotatable bonds is 20. The van der Waals surface area contributed by atoms with Gasteiger partial charge in [0.2, 0.25) is 0 Å². The number of benzene rings is 1. The third-order valence-corrected chi connectivity index (χ3v) is 8.24. The normalized spacial score (nSPS) is 17.8. The predicted octanol–water partition coefficient (Wildman–Crippen LogP) is 10.2. The van der Waals surface area contributed by atoms with Gasteiger partial charge < -0.3 is 9.47 Å². The van der Waals surface area contributed by atoms with Crippen molar-refractivity contribution in [2.45, 2.75) is 137 Å². The molecule has 0 saturated heterocycles. The van der Waals surface area contributed by atoms with Gasteiger partial charge in [-0.1, -0.05) is 103 Å². The summed E-state index contributed by atoms with van der Waals surface area (Å²) in [7, 11) is 1.79. The summed E-state index contributed by atoms with van der Waals surface area (Å²) >= 11 is 0. The summed E-state index contributed by atoms with van der Waals surface area (Å²) in [4.78, 5) is 4.92. The molecule has 3 heteroatoms. The molecule has 1 aliphatic rings. The summed E-state index contributed by atoms with van der Waals surface area (Å²) in [5, 5.41) is 0. The Morgan fingerprint density at radius 3 is 1.95 bits per heavy atom. The lowest BCUT2D eigenvalue weighted by molar-refractivity contribution is 0.199. The average molecular weight is 512 g/mol. The lowest BCUT2D eigenvalue weighted by Crippen LogP contribution is -2.26. The summed E-state index contributed by atoms with van der Waals surface area (Å²) in [6.45, 7) is 12.5. The quantitative estimate of drug-likeness (QED) is 0.163. The first-order valence-corrected chi connectivity index (χ1v) is 15.5. The molecule has 1 aromatic rings. The number of aliphatic imine (C=N–C) groups is 1. The minimum Gasteiger partial charge on any atom is -0.494 e. The number of hydrogen-bond donors (Lipinski definition) is 0. The second-order valence-electron chi connectivity index (χ2n) is 11.1. The summed E-state index contributed by atoms with van der Waals surface area (Å²) in [5.74, 6) is 1.74. The standard InChI is InChI=1S/C34H57NO2/c1-7-9-10-11-12-13-14-15-16-17-18-19-20-22-30-23-21-24-32(37-8-2)34(30)33-27(3)28(4)35-29(5)31(33)25-26-36-6/h21,23-24,27,33H,7-20,22,25-26H2,1-6H3. The highest BCUT2D eigenvalue weighted by atomic mass is 16.5. The maximum atomic E-state index is 6.23. The molecule has 37 heavy (non-hydrogen) atoms. The minimum absolute atomic E-state index is 0.312. The molecule has 0 aliphatic carbocycles. The topological polar surface area (TPSA) is 30.8 Å². The Labute approximate surface area is 229 Å². The Kier molecular flexibility index (Phi) is 15.9. The van der Waals surface area contributed by atoms with Crippen LogP contribution in [0.2, 0.25) is 0 Å². The molecule has 1 aromatic carbocycles. The zero-order chi connectivity index (χ0) is 26.9. The average Bonchev–Trinajstić information content (AvgIpc) is 2.89. The van der Waals surface area contributed by atoms with E-state index in [0.29, 0.717) is 18.4 Å². The number of methoxy groups -OCH3 is 1. The number of hydrogen-bond acceptors (Lipinski definition) is 3. The largest absolute Gasteiger partial charge is 0.494 e. The van der Waals surface area contributed by atoms with Crippen molar-refractivity contribution in [3.05, 3.63) is 40.6 Å². The molecular formula is C34H57NO2. The van der Waals surface area contributed by atoms with Gasteiger partial charge in [0.1, 0.15) is 5.75 Å². The highest BCUT2D eigenvalue weighted by molar-refractivity contribution is 5.88. The van der Waals surface area contributed by atoms with Crippen molar-refractivity contribution in [3.63, 3.8) is 0 Å². The van der Waals surface area contributed by atoms with Crippen LogP contribution >= 0.6 is 0 Å². The van der Waals surface area contributed by atoms with Crippen LogP contribution in [0.3, 0.4) is 0 Å². The smallest absolute Gasteiger partial charge is 0.123 e. The Morgan fingerprint density at radius 2 is 1.38 bits per heavy atom. The highest BCUT2D eigenvalue weighted by Crippen LogP contribution is 2.45. The van der Waals surface area contributed by atoms with Crippen LogP contribution in [0.25, 0.3) is 0 Å². The van der Waals surface area contributed by atoms with Crippen LogP contribution < -0.4 is 4.74 Å². The van der Waals surface area contributed by atoms with Crippen LogP contribution in [0.4, 0.5) is 0 Å². The van der Waals surface area contributed by atoms with E-state index in [1.807, 2.05) is 0 Å². The molecule has 210 valence electrons. The van der Waals surface area contributed by atoms with Gasteiger partial charge in [0, 0.05) is 42.5 Å². The Bertz CT molecular complexity index is 825. The minimum atomic E-state index is 0.312. The van der Waals surface area contributed by atoms with Crippen molar-refractivity contribution < 1.29 is 9.47 Å². The van der Waals surface area contributed by atoms with Gasteiger partial charge in [-0.15, -0.1) is 0 Å². The fourth-order valence-corrected chi connectivity index (χ4v) is 5.95. The second kappa shape index (κ2) is 18.6. The van der Waals surface area contributed by atoms with E-state index >= 15 is 0 Å². The molecule has 3 nitrogen and oxygen atoms in total. The lowest BCUT2D eigenvalue weighted by atomic mass is 9.73. The fourth-order valence-electron chi connectivity index (χ4n) is 5.95. The van der Waals surface area contributed by atoms with E-state index in [0.717, 1.165) is 30.9 Å². The van der Waals surface area contributed by atoms with Gasteiger partial charge in [0.25, 0.3) is 0 Å². The molecule has 0 fully saturated rings. The van der Waals surface area contributed by atoms with E-state index in [-0.39, 0.29) is 0 Å². The zero-order valence-electron chi connectivity index (χ0n) is 25.2. The molecule has 0 N–H and O–H groups in total. The molecule has 2 unspecified atom stereocenters. The van der Waals surface area contributed by atoms with Crippen LogP contribution in [0, 0.1) is 5.92 Å². The van der Waals surface area contributed by atoms with E-state index in [1.54, 1.807) is 7.11 Å². The Hall–Kier alpha value is -1.61. The van der Waals surface area contributed by atoms with Gasteiger partial charge in [0.05, 0.1) is 6.61 Å². The van der Waals surface area contributed by atoms with Crippen molar-refractivity contribution in [1.29, 1.82) is 0 Å². The molecule has 1 aliphatic heterocycles. The van der Waals surface area contributed by atoms with Gasteiger partial charge in [-0.05, 0) is 57.2 Å². The number of aryl methyl sites for hydroxylation is 1. The Balaban J connectivity index is 1.94. The first kappa shape index (κ1) is 31.6. The maximum Gasteiger partial charge on any atom is 0.123 e. The predicted molar refractivity (Wildman–Crippen MR) is 161 cm³/mol. The molecule has 0 radical (unpaired) electrons. The molecule has 2 rings (SSSR count). The van der Waals surface area contributed by atoms with Crippen molar-refractivity contribution in [2.24, 2.45) is 10.9 Å². The third kappa shape index (κ3) is 10.6. The van der Waals surface area contributed by atoms with Crippen LogP contribution in [-0.4, -0.2) is 26.0 Å². The van der Waals surface area contributed by atoms with Crippen molar-refractivity contribution in [2.75, 3.05) is 20.3 Å². The van der Waals surface area contributed by atoms with Gasteiger partial charge in [0.15, 0.2) is 0 Å². The van der Waals surface area contributed by atoms with E-state index in [9.17, 15) is 0 Å². The van der Waals surface area contributed by atoms with Gasteiger partial charge in [-0.25, -0.2) is 0 Å². The molecule has 2 atom stereocenters. The molecule has 0 amide bonds. The molecule has 0 bridgehead atoms.